The van der Waals surface area contributed by atoms with E-state index in [0.29, 0.717) is 32.0 Å². The average molecular weight is 261 g/mol. The van der Waals surface area contributed by atoms with E-state index in [1.807, 2.05) is 18.2 Å². The van der Waals surface area contributed by atoms with Crippen molar-refractivity contribution >= 4 is 5.97 Å². The zero-order chi connectivity index (χ0) is 13.3. The highest BCUT2D eigenvalue weighted by Gasteiger charge is 2.50. The average Bonchev–Trinajstić information content (AvgIpc) is 2.39. The van der Waals surface area contributed by atoms with E-state index in [4.69, 9.17) is 4.74 Å². The maximum absolute atomic E-state index is 11.7. The lowest BCUT2D eigenvalue weighted by Crippen LogP contribution is -2.64. The predicted molar refractivity (Wildman–Crippen MR) is 71.2 cm³/mol. The van der Waals surface area contributed by atoms with Crippen LogP contribution in [0.5, 0.6) is 0 Å². The Bertz CT molecular complexity index is 448. The molecule has 0 atom stereocenters. The van der Waals surface area contributed by atoms with Crippen LogP contribution in [-0.4, -0.2) is 47.8 Å². The van der Waals surface area contributed by atoms with Crippen LogP contribution < -0.4 is 0 Å². The van der Waals surface area contributed by atoms with Crippen molar-refractivity contribution < 1.29 is 14.6 Å². The van der Waals surface area contributed by atoms with Crippen LogP contribution in [0, 0.1) is 0 Å². The number of hydrogen-bond acceptors (Lipinski definition) is 3. The van der Waals surface area contributed by atoms with Crippen LogP contribution in [0.15, 0.2) is 30.3 Å². The summed E-state index contributed by atoms with van der Waals surface area (Å²) < 4.78 is 5.32. The molecule has 2 fully saturated rings. The summed E-state index contributed by atoms with van der Waals surface area (Å²) in [7, 11) is 0. The van der Waals surface area contributed by atoms with Crippen molar-refractivity contribution in [2.75, 3.05) is 26.3 Å². The molecule has 0 bridgehead atoms. The molecule has 0 unspecified atom stereocenters. The molecular weight excluding hydrogens is 242 g/mol. The van der Waals surface area contributed by atoms with Gasteiger partial charge in [-0.2, -0.15) is 0 Å². The lowest BCUT2D eigenvalue weighted by molar-refractivity contribution is -0.164. The minimum absolute atomic E-state index is 0.472. The fourth-order valence-corrected chi connectivity index (χ4v) is 3.14. The molecule has 0 spiro atoms. The molecule has 2 saturated heterocycles. The van der Waals surface area contributed by atoms with Gasteiger partial charge in [-0.3, -0.25) is 9.69 Å². The van der Waals surface area contributed by atoms with Gasteiger partial charge in [0.25, 0.3) is 0 Å². The molecular formula is C15H19NO3. The second-order valence-electron chi connectivity index (χ2n) is 5.46. The molecule has 0 radical (unpaired) electrons. The Morgan fingerprint density at radius 2 is 1.84 bits per heavy atom. The van der Waals surface area contributed by atoms with E-state index in [0.717, 1.165) is 13.1 Å². The van der Waals surface area contributed by atoms with Gasteiger partial charge in [0.1, 0.15) is 5.54 Å². The summed E-state index contributed by atoms with van der Waals surface area (Å²) in [5.74, 6) is -0.220. The van der Waals surface area contributed by atoms with Crippen molar-refractivity contribution in [3.63, 3.8) is 0 Å². The Balaban J connectivity index is 1.70. The van der Waals surface area contributed by atoms with E-state index in [1.165, 1.54) is 5.56 Å². The van der Waals surface area contributed by atoms with Crippen LogP contribution in [0.25, 0.3) is 0 Å². The monoisotopic (exact) mass is 261 g/mol. The van der Waals surface area contributed by atoms with E-state index in [2.05, 4.69) is 17.0 Å². The lowest BCUT2D eigenvalue weighted by Gasteiger charge is -2.51. The molecule has 2 aliphatic heterocycles. The molecule has 2 heterocycles. The molecule has 1 N–H and O–H groups in total. The molecule has 0 aliphatic carbocycles. The summed E-state index contributed by atoms with van der Waals surface area (Å²) in [4.78, 5) is 13.8. The summed E-state index contributed by atoms with van der Waals surface area (Å²) in [6, 6.07) is 10.3. The fourth-order valence-electron chi connectivity index (χ4n) is 3.14. The summed E-state index contributed by atoms with van der Waals surface area (Å²) in [6.45, 7) is 2.80. The van der Waals surface area contributed by atoms with Crippen molar-refractivity contribution in [2.45, 2.75) is 24.3 Å². The minimum Gasteiger partial charge on any atom is -0.480 e. The van der Waals surface area contributed by atoms with Gasteiger partial charge in [-0.15, -0.1) is 0 Å². The molecule has 4 heteroatoms. The molecule has 1 aromatic rings. The van der Waals surface area contributed by atoms with Crippen LogP contribution >= 0.6 is 0 Å². The first-order valence-corrected chi connectivity index (χ1v) is 6.83. The molecule has 2 aliphatic rings. The summed E-state index contributed by atoms with van der Waals surface area (Å²) in [5.41, 5.74) is 0.620. The summed E-state index contributed by atoms with van der Waals surface area (Å²) in [5, 5.41) is 9.58. The summed E-state index contributed by atoms with van der Waals surface area (Å²) in [6.07, 6.45) is 1.20. The highest BCUT2D eigenvalue weighted by atomic mass is 16.5. The Morgan fingerprint density at radius 3 is 2.42 bits per heavy atom. The van der Waals surface area contributed by atoms with Crippen molar-refractivity contribution in [3.05, 3.63) is 35.9 Å². The number of carboxylic acids is 1. The predicted octanol–water partition coefficient (Wildman–Crippen LogP) is 1.72. The van der Waals surface area contributed by atoms with Crippen molar-refractivity contribution in [1.29, 1.82) is 0 Å². The van der Waals surface area contributed by atoms with Gasteiger partial charge in [0.15, 0.2) is 0 Å². The fraction of sp³-hybridized carbons (Fsp3) is 0.533. The molecule has 0 saturated carbocycles. The van der Waals surface area contributed by atoms with Gasteiger partial charge in [-0.25, -0.2) is 0 Å². The number of benzene rings is 1. The Morgan fingerprint density at radius 1 is 1.21 bits per heavy atom. The van der Waals surface area contributed by atoms with Gasteiger partial charge in [0.2, 0.25) is 0 Å². The molecule has 102 valence electrons. The number of hydrogen-bond donors (Lipinski definition) is 1. The number of carbonyl (C=O) groups is 1. The van der Waals surface area contributed by atoms with E-state index in [-0.39, 0.29) is 0 Å². The van der Waals surface area contributed by atoms with Crippen molar-refractivity contribution in [3.8, 4) is 0 Å². The standard InChI is InChI=1S/C15H19NO3/c17-14(18)15(6-8-19-9-7-15)16-10-13(11-16)12-4-2-1-3-5-12/h1-5,13H,6-11H2,(H,17,18). The number of likely N-dealkylation sites (tertiary alicyclic amines) is 1. The first kappa shape index (κ1) is 12.6. The van der Waals surface area contributed by atoms with Gasteiger partial charge >= 0.3 is 5.97 Å². The first-order chi connectivity index (χ1) is 9.22. The maximum atomic E-state index is 11.7. The van der Waals surface area contributed by atoms with Gasteiger partial charge in [0.05, 0.1) is 0 Å². The second-order valence-corrected chi connectivity index (χ2v) is 5.46. The molecule has 3 rings (SSSR count). The van der Waals surface area contributed by atoms with Gasteiger partial charge < -0.3 is 9.84 Å². The largest absolute Gasteiger partial charge is 0.480 e. The van der Waals surface area contributed by atoms with Gasteiger partial charge in [-0.1, -0.05) is 30.3 Å². The Hall–Kier alpha value is -1.39. The molecule has 19 heavy (non-hydrogen) atoms. The number of rotatable bonds is 3. The number of nitrogens with zero attached hydrogens (tertiary/aromatic N) is 1. The molecule has 0 amide bonds. The quantitative estimate of drug-likeness (QED) is 0.900. The van der Waals surface area contributed by atoms with E-state index in [9.17, 15) is 9.90 Å². The molecule has 0 aromatic heterocycles. The SMILES string of the molecule is O=C(O)C1(N2CC(c3ccccc3)C2)CCOCC1. The van der Waals surface area contributed by atoms with E-state index in [1.54, 1.807) is 0 Å². The second kappa shape index (κ2) is 4.94. The number of ether oxygens (including phenoxy) is 1. The Labute approximate surface area is 113 Å². The minimum atomic E-state index is -0.692. The Kier molecular flexibility index (Phi) is 3.29. The lowest BCUT2D eigenvalue weighted by atomic mass is 9.80. The molecule has 4 nitrogen and oxygen atoms in total. The van der Waals surface area contributed by atoms with Crippen LogP contribution in [0.4, 0.5) is 0 Å². The third kappa shape index (κ3) is 2.15. The smallest absolute Gasteiger partial charge is 0.324 e. The normalized spacial score (nSPS) is 23.8. The first-order valence-electron chi connectivity index (χ1n) is 6.83. The third-order valence-electron chi connectivity index (χ3n) is 4.48. The number of carboxylic acid groups (broad SMARTS) is 1. The van der Waals surface area contributed by atoms with Crippen molar-refractivity contribution in [1.82, 2.24) is 4.90 Å². The van der Waals surface area contributed by atoms with Crippen LogP contribution in [0.2, 0.25) is 0 Å². The zero-order valence-corrected chi connectivity index (χ0v) is 10.9. The van der Waals surface area contributed by atoms with Crippen LogP contribution in [0.3, 0.4) is 0 Å². The van der Waals surface area contributed by atoms with Crippen LogP contribution in [0.1, 0.15) is 24.3 Å². The van der Waals surface area contributed by atoms with Crippen LogP contribution in [-0.2, 0) is 9.53 Å². The van der Waals surface area contributed by atoms with E-state index < -0.39 is 11.5 Å². The zero-order valence-electron chi connectivity index (χ0n) is 10.9. The van der Waals surface area contributed by atoms with Crippen molar-refractivity contribution in [2.24, 2.45) is 0 Å². The highest BCUT2D eigenvalue weighted by Crippen LogP contribution is 2.38. The third-order valence-corrected chi connectivity index (χ3v) is 4.48. The van der Waals surface area contributed by atoms with Gasteiger partial charge in [-0.05, 0) is 18.4 Å². The topological polar surface area (TPSA) is 49.8 Å². The highest BCUT2D eigenvalue weighted by molar-refractivity contribution is 5.79. The van der Waals surface area contributed by atoms with Gasteiger partial charge in [0, 0.05) is 32.2 Å². The molecule has 1 aromatic carbocycles. The summed E-state index contributed by atoms with van der Waals surface area (Å²) >= 11 is 0. The number of aliphatic carboxylic acids is 1. The maximum Gasteiger partial charge on any atom is 0.324 e. The van der Waals surface area contributed by atoms with E-state index >= 15 is 0 Å².